The van der Waals surface area contributed by atoms with Gasteiger partial charge in [0.25, 0.3) is 0 Å². The maximum atomic E-state index is 13.3. The van der Waals surface area contributed by atoms with Gasteiger partial charge in [0, 0.05) is 17.7 Å². The largest absolute Gasteiger partial charge is 0.496 e. The van der Waals surface area contributed by atoms with Crippen LogP contribution in [0.25, 0.3) is 0 Å². The second kappa shape index (κ2) is 4.98. The minimum atomic E-state index is -1.10. The summed E-state index contributed by atoms with van der Waals surface area (Å²) in [6.07, 6.45) is -1.10. The van der Waals surface area contributed by atoms with Gasteiger partial charge in [0.05, 0.1) is 14.2 Å². The van der Waals surface area contributed by atoms with Gasteiger partial charge in [-0.25, -0.2) is 4.39 Å². The van der Waals surface area contributed by atoms with Crippen LogP contribution >= 0.6 is 0 Å². The minimum absolute atomic E-state index is 0.334. The van der Waals surface area contributed by atoms with Crippen molar-refractivity contribution in [1.82, 2.24) is 0 Å². The average Bonchev–Trinajstić information content (AvgIpc) is 2.26. The molecule has 0 amide bonds. The molecule has 4 heteroatoms. The fourth-order valence-electron chi connectivity index (χ4n) is 1.45. The Morgan fingerprint density at radius 1 is 1.27 bits per heavy atom. The van der Waals surface area contributed by atoms with Crippen molar-refractivity contribution in [3.8, 4) is 11.5 Å². The zero-order valence-electron chi connectivity index (χ0n) is 9.21. The summed E-state index contributed by atoms with van der Waals surface area (Å²) in [5.74, 6) is 1.10. The number of halogens is 1. The maximum absolute atomic E-state index is 13.3. The monoisotopic (exact) mass is 213 g/mol. The van der Waals surface area contributed by atoms with E-state index in [2.05, 4.69) is 0 Å². The molecule has 1 atom stereocenters. The van der Waals surface area contributed by atoms with Gasteiger partial charge in [-0.1, -0.05) is 0 Å². The molecule has 1 unspecified atom stereocenters. The molecular weight excluding hydrogens is 197 g/mol. The zero-order valence-corrected chi connectivity index (χ0v) is 9.21. The second-order valence-corrected chi connectivity index (χ2v) is 3.23. The van der Waals surface area contributed by atoms with Gasteiger partial charge in [0.15, 0.2) is 0 Å². The fourth-order valence-corrected chi connectivity index (χ4v) is 1.45. The topological polar surface area (TPSA) is 44.5 Å². The first-order chi connectivity index (χ1) is 7.13. The lowest BCUT2D eigenvalue weighted by Crippen LogP contribution is -2.03. The second-order valence-electron chi connectivity index (χ2n) is 3.23. The van der Waals surface area contributed by atoms with E-state index >= 15 is 0 Å². The van der Waals surface area contributed by atoms with E-state index in [0.29, 0.717) is 23.6 Å². The molecule has 0 spiro atoms. The van der Waals surface area contributed by atoms with E-state index in [1.807, 2.05) is 0 Å². The van der Waals surface area contributed by atoms with Crippen molar-refractivity contribution in [3.63, 3.8) is 0 Å². The third-order valence-corrected chi connectivity index (χ3v) is 2.28. The molecule has 2 N–H and O–H groups in total. The van der Waals surface area contributed by atoms with Crippen LogP contribution in [0.4, 0.5) is 4.39 Å². The van der Waals surface area contributed by atoms with Gasteiger partial charge in [0.2, 0.25) is 0 Å². The van der Waals surface area contributed by atoms with Gasteiger partial charge in [-0.05, 0) is 19.1 Å². The molecule has 0 aliphatic rings. The summed E-state index contributed by atoms with van der Waals surface area (Å²) in [6, 6.07) is 3.34. The van der Waals surface area contributed by atoms with Crippen molar-refractivity contribution in [2.45, 2.75) is 19.6 Å². The molecule has 1 aromatic carbocycles. The lowest BCUT2D eigenvalue weighted by atomic mass is 10.1. The van der Waals surface area contributed by atoms with E-state index in [1.165, 1.54) is 21.1 Å². The SMILES string of the molecule is COc1cc(C(C)F)c(OC)cc1CN. The Bertz CT molecular complexity index is 340. The summed E-state index contributed by atoms with van der Waals surface area (Å²) in [7, 11) is 3.04. The maximum Gasteiger partial charge on any atom is 0.126 e. The first-order valence-corrected chi connectivity index (χ1v) is 4.73. The number of hydrogen-bond acceptors (Lipinski definition) is 3. The number of alkyl halides is 1. The van der Waals surface area contributed by atoms with Crippen molar-refractivity contribution in [1.29, 1.82) is 0 Å². The number of hydrogen-bond donors (Lipinski definition) is 1. The molecule has 3 nitrogen and oxygen atoms in total. The van der Waals surface area contributed by atoms with E-state index in [0.717, 1.165) is 5.56 Å². The molecule has 0 heterocycles. The zero-order chi connectivity index (χ0) is 11.4. The molecule has 0 saturated heterocycles. The van der Waals surface area contributed by atoms with Crippen LogP contribution in [0.15, 0.2) is 12.1 Å². The predicted molar refractivity (Wildman–Crippen MR) is 57.0 cm³/mol. The van der Waals surface area contributed by atoms with Crippen molar-refractivity contribution in [3.05, 3.63) is 23.3 Å². The third kappa shape index (κ3) is 2.39. The van der Waals surface area contributed by atoms with Crippen LogP contribution in [0.3, 0.4) is 0 Å². The third-order valence-electron chi connectivity index (χ3n) is 2.28. The van der Waals surface area contributed by atoms with Gasteiger partial charge in [-0.3, -0.25) is 0 Å². The highest BCUT2D eigenvalue weighted by Crippen LogP contribution is 2.33. The van der Waals surface area contributed by atoms with Crippen molar-refractivity contribution in [2.75, 3.05) is 14.2 Å². The van der Waals surface area contributed by atoms with Crippen molar-refractivity contribution >= 4 is 0 Å². The molecule has 84 valence electrons. The van der Waals surface area contributed by atoms with Crippen LogP contribution in [0.5, 0.6) is 11.5 Å². The Hall–Kier alpha value is -1.29. The van der Waals surface area contributed by atoms with Gasteiger partial charge in [0.1, 0.15) is 17.7 Å². The molecular formula is C11H16FNO2. The molecule has 1 rings (SSSR count). The fraction of sp³-hybridized carbons (Fsp3) is 0.455. The van der Waals surface area contributed by atoms with E-state index in [9.17, 15) is 4.39 Å². The quantitative estimate of drug-likeness (QED) is 0.833. The summed E-state index contributed by atoms with van der Waals surface area (Å²) in [4.78, 5) is 0. The van der Waals surface area contributed by atoms with Crippen LogP contribution in [0.2, 0.25) is 0 Å². The molecule has 0 aliphatic carbocycles. The van der Waals surface area contributed by atoms with Gasteiger partial charge in [-0.15, -0.1) is 0 Å². The molecule has 1 aromatic rings. The molecule has 15 heavy (non-hydrogen) atoms. The standard InChI is InChI=1S/C11H16FNO2/c1-7(12)9-5-10(14-2)8(6-13)4-11(9)15-3/h4-5,7H,6,13H2,1-3H3. The van der Waals surface area contributed by atoms with Crippen LogP contribution in [0, 0.1) is 0 Å². The Morgan fingerprint density at radius 2 is 1.87 bits per heavy atom. The average molecular weight is 213 g/mol. The van der Waals surface area contributed by atoms with E-state index in [-0.39, 0.29) is 0 Å². The Morgan fingerprint density at radius 3 is 2.27 bits per heavy atom. The molecule has 0 radical (unpaired) electrons. The molecule has 0 fully saturated rings. The van der Waals surface area contributed by atoms with E-state index < -0.39 is 6.17 Å². The molecule has 0 saturated carbocycles. The molecule has 0 bridgehead atoms. The van der Waals surface area contributed by atoms with Gasteiger partial charge in [-0.2, -0.15) is 0 Å². The Kier molecular flexibility index (Phi) is 3.91. The highest BCUT2D eigenvalue weighted by molar-refractivity contribution is 5.47. The van der Waals surface area contributed by atoms with Gasteiger partial charge < -0.3 is 15.2 Å². The lowest BCUT2D eigenvalue weighted by molar-refractivity contribution is 0.341. The first kappa shape index (κ1) is 11.8. The highest BCUT2D eigenvalue weighted by Gasteiger charge is 2.14. The minimum Gasteiger partial charge on any atom is -0.496 e. The summed E-state index contributed by atoms with van der Waals surface area (Å²) >= 11 is 0. The van der Waals surface area contributed by atoms with Gasteiger partial charge >= 0.3 is 0 Å². The number of benzene rings is 1. The first-order valence-electron chi connectivity index (χ1n) is 4.73. The van der Waals surface area contributed by atoms with Crippen LogP contribution in [-0.4, -0.2) is 14.2 Å². The summed E-state index contributed by atoms with van der Waals surface area (Å²) < 4.78 is 23.5. The van der Waals surface area contributed by atoms with E-state index in [1.54, 1.807) is 12.1 Å². The van der Waals surface area contributed by atoms with Crippen LogP contribution in [0.1, 0.15) is 24.2 Å². The Balaban J connectivity index is 3.27. The van der Waals surface area contributed by atoms with E-state index in [4.69, 9.17) is 15.2 Å². The molecule has 0 aliphatic heterocycles. The molecule has 0 aromatic heterocycles. The predicted octanol–water partition coefficient (Wildman–Crippen LogP) is 2.19. The lowest BCUT2D eigenvalue weighted by Gasteiger charge is -2.14. The number of methoxy groups -OCH3 is 2. The summed E-state index contributed by atoms with van der Waals surface area (Å²) in [5, 5.41) is 0. The Labute approximate surface area is 89.0 Å². The summed E-state index contributed by atoms with van der Waals surface area (Å²) in [5.41, 5.74) is 6.83. The summed E-state index contributed by atoms with van der Waals surface area (Å²) in [6.45, 7) is 1.79. The van der Waals surface area contributed by atoms with Crippen LogP contribution in [-0.2, 0) is 6.54 Å². The van der Waals surface area contributed by atoms with Crippen molar-refractivity contribution in [2.24, 2.45) is 5.73 Å². The van der Waals surface area contributed by atoms with Crippen LogP contribution < -0.4 is 15.2 Å². The van der Waals surface area contributed by atoms with Crippen molar-refractivity contribution < 1.29 is 13.9 Å². The highest BCUT2D eigenvalue weighted by atomic mass is 19.1. The number of ether oxygens (including phenoxy) is 2. The smallest absolute Gasteiger partial charge is 0.126 e. The normalized spacial score (nSPS) is 12.3. The number of rotatable bonds is 4. The number of nitrogens with two attached hydrogens (primary N) is 1.